The number of rotatable bonds is 5. The molecule has 0 aliphatic rings. The molecule has 1 heterocycles. The summed E-state index contributed by atoms with van der Waals surface area (Å²) >= 11 is 1.71. The number of aromatic nitrogens is 1. The fourth-order valence-electron chi connectivity index (χ4n) is 1.76. The van der Waals surface area contributed by atoms with Crippen LogP contribution in [0.5, 0.6) is 0 Å². The number of thiazole rings is 1. The van der Waals surface area contributed by atoms with E-state index in [1.807, 2.05) is 6.92 Å². The second kappa shape index (κ2) is 5.94. The molecule has 0 radical (unpaired) electrons. The first kappa shape index (κ1) is 12.3. The Kier molecular flexibility index (Phi) is 4.29. The van der Waals surface area contributed by atoms with Crippen LogP contribution >= 0.6 is 11.3 Å². The molecule has 0 saturated heterocycles. The van der Waals surface area contributed by atoms with Gasteiger partial charge in [0.1, 0.15) is 0 Å². The van der Waals surface area contributed by atoms with Gasteiger partial charge in [0, 0.05) is 11.4 Å². The Bertz CT molecular complexity index is 450. The van der Waals surface area contributed by atoms with Crippen LogP contribution in [-0.2, 0) is 6.42 Å². The Morgan fingerprint density at radius 1 is 1.29 bits per heavy atom. The van der Waals surface area contributed by atoms with Crippen LogP contribution in [0.15, 0.2) is 35.7 Å². The normalized spacial score (nSPS) is 12.6. The third-order valence-electron chi connectivity index (χ3n) is 2.79. The highest BCUT2D eigenvalue weighted by Gasteiger charge is 2.07. The summed E-state index contributed by atoms with van der Waals surface area (Å²) in [5.41, 5.74) is 2.53. The molecule has 0 spiro atoms. The molecule has 2 aromatic rings. The molecule has 0 saturated carbocycles. The molecule has 1 aromatic carbocycles. The Balaban J connectivity index is 1.79. The lowest BCUT2D eigenvalue weighted by Gasteiger charge is -2.11. The Labute approximate surface area is 107 Å². The van der Waals surface area contributed by atoms with Gasteiger partial charge in [0.2, 0.25) is 0 Å². The van der Waals surface area contributed by atoms with Gasteiger partial charge in [-0.1, -0.05) is 30.3 Å². The highest BCUT2D eigenvalue weighted by molar-refractivity contribution is 7.09. The molecule has 1 unspecified atom stereocenters. The summed E-state index contributed by atoms with van der Waals surface area (Å²) in [5, 5.41) is 6.78. The maximum absolute atomic E-state index is 4.49. The van der Waals surface area contributed by atoms with Crippen molar-refractivity contribution in [1.29, 1.82) is 0 Å². The van der Waals surface area contributed by atoms with Crippen LogP contribution in [0.2, 0.25) is 0 Å². The van der Waals surface area contributed by atoms with Gasteiger partial charge in [-0.3, -0.25) is 0 Å². The van der Waals surface area contributed by atoms with E-state index < -0.39 is 0 Å². The molecule has 1 atom stereocenters. The quantitative estimate of drug-likeness (QED) is 0.875. The number of nitrogens with one attached hydrogen (secondary N) is 1. The van der Waals surface area contributed by atoms with Crippen LogP contribution in [-0.4, -0.2) is 11.5 Å². The number of benzene rings is 1. The van der Waals surface area contributed by atoms with Crippen molar-refractivity contribution in [2.75, 3.05) is 6.54 Å². The van der Waals surface area contributed by atoms with Crippen LogP contribution in [0.3, 0.4) is 0 Å². The lowest BCUT2D eigenvalue weighted by molar-refractivity contribution is 0.566. The van der Waals surface area contributed by atoms with Crippen LogP contribution in [0.1, 0.15) is 29.2 Å². The number of aryl methyl sites for hydroxylation is 1. The molecule has 0 amide bonds. The lowest BCUT2D eigenvalue weighted by Crippen LogP contribution is -2.21. The molecule has 1 aromatic heterocycles. The average Bonchev–Trinajstić information content (AvgIpc) is 2.77. The van der Waals surface area contributed by atoms with Crippen molar-refractivity contribution < 1.29 is 0 Å². The third kappa shape index (κ3) is 3.65. The van der Waals surface area contributed by atoms with E-state index in [1.54, 1.807) is 11.3 Å². The van der Waals surface area contributed by atoms with Crippen molar-refractivity contribution in [2.45, 2.75) is 26.3 Å². The van der Waals surface area contributed by atoms with E-state index in [-0.39, 0.29) is 0 Å². The molecule has 2 nitrogen and oxygen atoms in total. The number of hydrogen-bond donors (Lipinski definition) is 1. The van der Waals surface area contributed by atoms with Crippen LogP contribution in [0.25, 0.3) is 0 Å². The minimum absolute atomic E-state index is 0.337. The maximum Gasteiger partial charge on any atom is 0.0898 e. The molecule has 0 aliphatic carbocycles. The van der Waals surface area contributed by atoms with Crippen LogP contribution < -0.4 is 5.32 Å². The zero-order chi connectivity index (χ0) is 12.1. The van der Waals surface area contributed by atoms with Crippen molar-refractivity contribution >= 4 is 11.3 Å². The van der Waals surface area contributed by atoms with Gasteiger partial charge in [-0.15, -0.1) is 11.3 Å². The molecule has 0 bridgehead atoms. The predicted octanol–water partition coefficient (Wildman–Crippen LogP) is 3.34. The molecule has 2 rings (SSSR count). The van der Waals surface area contributed by atoms with E-state index in [2.05, 4.69) is 52.9 Å². The SMILES string of the molecule is Cc1nc(C(C)NCCc2ccccc2)cs1. The Morgan fingerprint density at radius 3 is 2.71 bits per heavy atom. The van der Waals surface area contributed by atoms with Crippen LogP contribution in [0, 0.1) is 6.92 Å². The molecule has 1 N–H and O–H groups in total. The molecule has 90 valence electrons. The van der Waals surface area contributed by atoms with Gasteiger partial charge in [0.05, 0.1) is 10.7 Å². The summed E-state index contributed by atoms with van der Waals surface area (Å²) in [4.78, 5) is 4.49. The highest BCUT2D eigenvalue weighted by atomic mass is 32.1. The van der Waals surface area contributed by atoms with Gasteiger partial charge >= 0.3 is 0 Å². The third-order valence-corrected chi connectivity index (χ3v) is 3.58. The predicted molar refractivity (Wildman–Crippen MR) is 73.4 cm³/mol. The Morgan fingerprint density at radius 2 is 2.06 bits per heavy atom. The van der Waals surface area contributed by atoms with E-state index >= 15 is 0 Å². The molecule has 0 aliphatic heterocycles. The summed E-state index contributed by atoms with van der Waals surface area (Å²) in [6.07, 6.45) is 1.06. The second-order valence-corrected chi connectivity index (χ2v) is 5.27. The minimum atomic E-state index is 0.337. The molecular weight excluding hydrogens is 228 g/mol. The van der Waals surface area contributed by atoms with E-state index in [1.165, 1.54) is 5.56 Å². The minimum Gasteiger partial charge on any atom is -0.308 e. The molecular formula is C14H18N2S. The largest absolute Gasteiger partial charge is 0.308 e. The standard InChI is InChI=1S/C14H18N2S/c1-11(14-10-17-12(2)16-14)15-9-8-13-6-4-3-5-7-13/h3-7,10-11,15H,8-9H2,1-2H3. The lowest BCUT2D eigenvalue weighted by atomic mass is 10.1. The average molecular weight is 246 g/mol. The fraction of sp³-hybridized carbons (Fsp3) is 0.357. The Hall–Kier alpha value is -1.19. The number of nitrogens with zero attached hydrogens (tertiary/aromatic N) is 1. The summed E-state index contributed by atoms with van der Waals surface area (Å²) in [5.74, 6) is 0. The van der Waals surface area contributed by atoms with Crippen molar-refractivity contribution in [3.63, 3.8) is 0 Å². The van der Waals surface area contributed by atoms with Gasteiger partial charge in [-0.05, 0) is 32.4 Å². The van der Waals surface area contributed by atoms with Crippen molar-refractivity contribution in [2.24, 2.45) is 0 Å². The first-order valence-corrected chi connectivity index (χ1v) is 6.83. The fourth-order valence-corrected chi connectivity index (χ4v) is 2.47. The summed E-state index contributed by atoms with van der Waals surface area (Å²) in [7, 11) is 0. The molecule has 17 heavy (non-hydrogen) atoms. The zero-order valence-electron chi connectivity index (χ0n) is 10.3. The van der Waals surface area contributed by atoms with E-state index in [0.29, 0.717) is 6.04 Å². The van der Waals surface area contributed by atoms with Gasteiger partial charge < -0.3 is 5.32 Å². The molecule has 3 heteroatoms. The monoisotopic (exact) mass is 246 g/mol. The summed E-state index contributed by atoms with van der Waals surface area (Å²) in [6.45, 7) is 5.20. The van der Waals surface area contributed by atoms with Crippen LogP contribution in [0.4, 0.5) is 0 Å². The summed E-state index contributed by atoms with van der Waals surface area (Å²) < 4.78 is 0. The van der Waals surface area contributed by atoms with Gasteiger partial charge in [-0.25, -0.2) is 4.98 Å². The second-order valence-electron chi connectivity index (χ2n) is 4.20. The van der Waals surface area contributed by atoms with E-state index in [9.17, 15) is 0 Å². The van der Waals surface area contributed by atoms with E-state index in [4.69, 9.17) is 0 Å². The van der Waals surface area contributed by atoms with Gasteiger partial charge in [0.25, 0.3) is 0 Å². The smallest absolute Gasteiger partial charge is 0.0898 e. The van der Waals surface area contributed by atoms with Crippen molar-refractivity contribution in [3.05, 3.63) is 52.0 Å². The highest BCUT2D eigenvalue weighted by Crippen LogP contribution is 2.15. The maximum atomic E-state index is 4.49. The first-order valence-electron chi connectivity index (χ1n) is 5.95. The van der Waals surface area contributed by atoms with Gasteiger partial charge in [0.15, 0.2) is 0 Å². The van der Waals surface area contributed by atoms with E-state index in [0.717, 1.165) is 23.7 Å². The summed E-state index contributed by atoms with van der Waals surface area (Å²) in [6, 6.07) is 10.9. The van der Waals surface area contributed by atoms with Crippen molar-refractivity contribution in [3.8, 4) is 0 Å². The number of hydrogen-bond acceptors (Lipinski definition) is 3. The van der Waals surface area contributed by atoms with Crippen molar-refractivity contribution in [1.82, 2.24) is 10.3 Å². The zero-order valence-corrected chi connectivity index (χ0v) is 11.1. The first-order chi connectivity index (χ1) is 8.25. The molecule has 0 fully saturated rings. The van der Waals surface area contributed by atoms with Gasteiger partial charge in [-0.2, -0.15) is 0 Å². The topological polar surface area (TPSA) is 24.9 Å².